The van der Waals surface area contributed by atoms with E-state index < -0.39 is 5.82 Å². The smallest absolute Gasteiger partial charge is 0.221 e. The highest BCUT2D eigenvalue weighted by Crippen LogP contribution is 2.20. The van der Waals surface area contributed by atoms with Gasteiger partial charge in [0.1, 0.15) is 11.6 Å². The number of furan rings is 1. The van der Waals surface area contributed by atoms with Gasteiger partial charge in [-0.25, -0.2) is 4.39 Å². The Hall–Kier alpha value is -2.61. The van der Waals surface area contributed by atoms with Crippen LogP contribution in [0.1, 0.15) is 18.2 Å². The van der Waals surface area contributed by atoms with Gasteiger partial charge in [0.2, 0.25) is 5.91 Å². The highest BCUT2D eigenvalue weighted by molar-refractivity contribution is 8.14. The first-order chi connectivity index (χ1) is 11.6. The van der Waals surface area contributed by atoms with E-state index in [2.05, 4.69) is 20.8 Å². The lowest BCUT2D eigenvalue weighted by atomic mass is 10.1. The summed E-state index contributed by atoms with van der Waals surface area (Å²) in [7, 11) is 0. The molecule has 0 bridgehead atoms. The number of hydrazone groups is 1. The summed E-state index contributed by atoms with van der Waals surface area (Å²) in [4.78, 5) is 15.4. The average molecular weight is 346 g/mol. The van der Waals surface area contributed by atoms with Gasteiger partial charge in [-0.3, -0.25) is 15.2 Å². The van der Waals surface area contributed by atoms with Crippen LogP contribution in [0, 0.1) is 5.82 Å². The maximum Gasteiger partial charge on any atom is 0.221 e. The van der Waals surface area contributed by atoms with Crippen LogP contribution in [-0.2, 0) is 11.3 Å². The molecule has 8 heteroatoms. The van der Waals surface area contributed by atoms with Gasteiger partial charge in [-0.15, -0.1) is 0 Å². The minimum absolute atomic E-state index is 0.244. The Morgan fingerprint density at radius 1 is 1.50 bits per heavy atom. The van der Waals surface area contributed by atoms with Crippen LogP contribution in [0.15, 0.2) is 51.1 Å². The second-order valence-corrected chi connectivity index (χ2v) is 6.00. The number of anilines is 1. The largest absolute Gasteiger partial charge is 0.467 e. The predicted octanol–water partition coefficient (Wildman–Crippen LogP) is 2.97. The number of aliphatic imine (C=N–C) groups is 1. The molecule has 1 aromatic carbocycles. The number of nitrogens with zero attached hydrogens (tertiary/aromatic N) is 2. The van der Waals surface area contributed by atoms with Crippen molar-refractivity contribution in [2.45, 2.75) is 13.5 Å². The number of amides is 1. The van der Waals surface area contributed by atoms with Crippen molar-refractivity contribution in [3.63, 3.8) is 0 Å². The van der Waals surface area contributed by atoms with Crippen molar-refractivity contribution in [3.05, 3.63) is 53.7 Å². The van der Waals surface area contributed by atoms with Crippen molar-refractivity contribution in [1.82, 2.24) is 5.43 Å². The van der Waals surface area contributed by atoms with Crippen LogP contribution in [0.4, 0.5) is 10.1 Å². The molecule has 1 aliphatic heterocycles. The summed E-state index contributed by atoms with van der Waals surface area (Å²) in [5.74, 6) is 0.588. The molecule has 6 nitrogen and oxygen atoms in total. The second-order valence-electron chi connectivity index (χ2n) is 5.04. The number of rotatable bonds is 4. The fraction of sp³-hybridized carbons (Fsp3) is 0.188. The Balaban J connectivity index is 1.68. The highest BCUT2D eigenvalue weighted by atomic mass is 32.2. The first kappa shape index (κ1) is 16.3. The molecule has 1 amide bonds. The lowest BCUT2D eigenvalue weighted by Gasteiger charge is -2.15. The summed E-state index contributed by atoms with van der Waals surface area (Å²) in [6.07, 6.45) is 1.60. The molecule has 2 N–H and O–H groups in total. The van der Waals surface area contributed by atoms with Crippen molar-refractivity contribution < 1.29 is 13.6 Å². The lowest BCUT2D eigenvalue weighted by molar-refractivity contribution is -0.114. The first-order valence-electron chi connectivity index (χ1n) is 7.21. The Kier molecular flexibility index (Phi) is 4.95. The summed E-state index contributed by atoms with van der Waals surface area (Å²) in [6.45, 7) is 1.80. The normalized spacial score (nSPS) is 15.8. The standard InChI is InChI=1S/C16H15FN4O2S/c1-10(22)19-11-4-5-13(14(17)7-11)15-9-24-16(21-20-15)18-8-12-3-2-6-23-12/h2-7H,8-9H2,1H3,(H,18,21)(H,19,22). The Morgan fingerprint density at radius 3 is 3.00 bits per heavy atom. The molecule has 2 aromatic rings. The molecule has 0 radical (unpaired) electrons. The van der Waals surface area contributed by atoms with Gasteiger partial charge in [-0.1, -0.05) is 11.8 Å². The van der Waals surface area contributed by atoms with Crippen molar-refractivity contribution in [2.24, 2.45) is 10.1 Å². The third-order valence-electron chi connectivity index (χ3n) is 3.19. The molecule has 0 saturated carbocycles. The summed E-state index contributed by atoms with van der Waals surface area (Å²) in [5, 5.41) is 7.39. The number of amidine groups is 1. The van der Waals surface area contributed by atoms with Crippen LogP contribution in [0.3, 0.4) is 0 Å². The van der Waals surface area contributed by atoms with Crippen molar-refractivity contribution >= 4 is 34.2 Å². The van der Waals surface area contributed by atoms with E-state index in [4.69, 9.17) is 4.42 Å². The number of thioether (sulfide) groups is 1. The van der Waals surface area contributed by atoms with E-state index in [0.717, 1.165) is 5.76 Å². The van der Waals surface area contributed by atoms with Gasteiger partial charge in [-0.2, -0.15) is 5.10 Å². The van der Waals surface area contributed by atoms with Gasteiger partial charge in [0.25, 0.3) is 0 Å². The van der Waals surface area contributed by atoms with Crippen molar-refractivity contribution in [2.75, 3.05) is 11.1 Å². The third-order valence-corrected chi connectivity index (χ3v) is 4.10. The van der Waals surface area contributed by atoms with Gasteiger partial charge in [0, 0.05) is 23.9 Å². The summed E-state index contributed by atoms with van der Waals surface area (Å²) in [6, 6.07) is 8.18. The van der Waals surface area contributed by atoms with Gasteiger partial charge in [0.15, 0.2) is 5.17 Å². The van der Waals surface area contributed by atoms with E-state index in [1.165, 1.54) is 24.8 Å². The van der Waals surface area contributed by atoms with Crippen LogP contribution >= 0.6 is 11.8 Å². The maximum absolute atomic E-state index is 14.2. The zero-order valence-corrected chi connectivity index (χ0v) is 13.7. The van der Waals surface area contributed by atoms with E-state index in [-0.39, 0.29) is 5.91 Å². The van der Waals surface area contributed by atoms with Gasteiger partial charge in [-0.05, 0) is 30.3 Å². The molecule has 2 heterocycles. The first-order valence-corrected chi connectivity index (χ1v) is 8.20. The average Bonchev–Trinajstić information content (AvgIpc) is 3.07. The molecular formula is C16H15FN4O2S. The van der Waals surface area contributed by atoms with Gasteiger partial charge < -0.3 is 9.73 Å². The molecule has 24 heavy (non-hydrogen) atoms. The number of hydrogen-bond donors (Lipinski definition) is 2. The number of hydrogen-bond acceptors (Lipinski definition) is 5. The molecule has 0 spiro atoms. The summed E-state index contributed by atoms with van der Waals surface area (Å²) >= 11 is 1.44. The second kappa shape index (κ2) is 7.31. The molecule has 0 unspecified atom stereocenters. The van der Waals surface area contributed by atoms with E-state index in [1.807, 2.05) is 6.07 Å². The Morgan fingerprint density at radius 2 is 2.38 bits per heavy atom. The van der Waals surface area contributed by atoms with E-state index in [0.29, 0.717) is 34.4 Å². The van der Waals surface area contributed by atoms with Crippen LogP contribution in [0.25, 0.3) is 0 Å². The molecule has 0 atom stereocenters. The number of halogens is 1. The molecule has 1 aromatic heterocycles. The topological polar surface area (TPSA) is 79.0 Å². The van der Waals surface area contributed by atoms with Crippen LogP contribution in [0.2, 0.25) is 0 Å². The third kappa shape index (κ3) is 4.02. The van der Waals surface area contributed by atoms with E-state index in [9.17, 15) is 9.18 Å². The van der Waals surface area contributed by atoms with Crippen LogP contribution in [0.5, 0.6) is 0 Å². The number of benzene rings is 1. The highest BCUT2D eigenvalue weighted by Gasteiger charge is 2.16. The fourth-order valence-electron chi connectivity index (χ4n) is 2.12. The van der Waals surface area contributed by atoms with Crippen molar-refractivity contribution in [3.8, 4) is 0 Å². The molecule has 0 aliphatic carbocycles. The van der Waals surface area contributed by atoms with E-state index >= 15 is 0 Å². The molecule has 124 valence electrons. The molecule has 3 rings (SSSR count). The molecule has 0 saturated heterocycles. The maximum atomic E-state index is 14.2. The zero-order valence-electron chi connectivity index (χ0n) is 12.9. The Bertz CT molecular complexity index is 802. The van der Waals surface area contributed by atoms with Crippen molar-refractivity contribution in [1.29, 1.82) is 0 Å². The minimum Gasteiger partial charge on any atom is -0.467 e. The summed E-state index contributed by atoms with van der Waals surface area (Å²) in [5.41, 5.74) is 4.23. The SMILES string of the molecule is CC(=O)Nc1ccc(C2=NNC(=NCc3ccco3)SC2)c(F)c1. The number of carbonyl (C=O) groups excluding carboxylic acids is 1. The minimum atomic E-state index is -0.432. The molecular weight excluding hydrogens is 331 g/mol. The van der Waals surface area contributed by atoms with Gasteiger partial charge >= 0.3 is 0 Å². The summed E-state index contributed by atoms with van der Waals surface area (Å²) < 4.78 is 19.4. The number of carbonyl (C=O) groups is 1. The zero-order chi connectivity index (χ0) is 16.9. The van der Waals surface area contributed by atoms with Gasteiger partial charge in [0.05, 0.1) is 18.5 Å². The molecule has 0 fully saturated rings. The van der Waals surface area contributed by atoms with E-state index in [1.54, 1.807) is 24.5 Å². The Labute approximate surface area is 142 Å². The predicted molar refractivity (Wildman–Crippen MR) is 92.7 cm³/mol. The van der Waals surface area contributed by atoms with Crippen LogP contribution < -0.4 is 10.7 Å². The quantitative estimate of drug-likeness (QED) is 0.892. The fourth-order valence-corrected chi connectivity index (χ4v) is 2.88. The number of nitrogens with one attached hydrogen (secondary N) is 2. The molecule has 1 aliphatic rings. The lowest BCUT2D eigenvalue weighted by Crippen LogP contribution is -2.26. The monoisotopic (exact) mass is 346 g/mol. The van der Waals surface area contributed by atoms with Crippen LogP contribution in [-0.4, -0.2) is 22.5 Å².